The number of carbonyl (C=O) groups is 5. The van der Waals surface area contributed by atoms with Crippen LogP contribution < -0.4 is 10.6 Å². The maximum Gasteiger partial charge on any atom is 0.490 e. The Labute approximate surface area is 246 Å². The number of benzene rings is 2. The Balaban J connectivity index is 0.000000646. The lowest BCUT2D eigenvalue weighted by Crippen LogP contribution is -2.56. The number of carboxylic acid groups (broad SMARTS) is 1. The number of urea groups is 1. The number of hydrogen-bond acceptors (Lipinski definition) is 7. The molecule has 2 aromatic rings. The van der Waals surface area contributed by atoms with Gasteiger partial charge in [0, 0.05) is 24.8 Å². The van der Waals surface area contributed by atoms with Crippen molar-refractivity contribution in [3.8, 4) is 0 Å². The van der Waals surface area contributed by atoms with Crippen LogP contribution in [0.5, 0.6) is 0 Å². The van der Waals surface area contributed by atoms with Gasteiger partial charge < -0.3 is 20.1 Å². The van der Waals surface area contributed by atoms with Gasteiger partial charge in [-0.3, -0.25) is 24.6 Å². The zero-order valence-electron chi connectivity index (χ0n) is 24.0. The molecule has 4 amide bonds. The second kappa shape index (κ2) is 13.2. The Kier molecular flexibility index (Phi) is 10.2. The minimum atomic E-state index is -5.08. The van der Waals surface area contributed by atoms with Gasteiger partial charge in [0.05, 0.1) is 25.5 Å². The number of imide groups is 1. The zero-order valence-corrected chi connectivity index (χ0v) is 24.0. The molecule has 11 nitrogen and oxygen atoms in total. The molecule has 14 heteroatoms. The molecule has 2 aliphatic rings. The summed E-state index contributed by atoms with van der Waals surface area (Å²) in [6.45, 7) is 6.03. The summed E-state index contributed by atoms with van der Waals surface area (Å²) in [5, 5.41) is 13.2. The first-order valence-corrected chi connectivity index (χ1v) is 13.3. The summed E-state index contributed by atoms with van der Waals surface area (Å²) in [7, 11) is 1.26. The van der Waals surface area contributed by atoms with Crippen LogP contribution in [0.2, 0.25) is 0 Å². The van der Waals surface area contributed by atoms with Crippen molar-refractivity contribution in [3.05, 3.63) is 65.7 Å². The number of likely N-dealkylation sites (tertiary alicyclic amines) is 1. The number of amides is 4. The van der Waals surface area contributed by atoms with E-state index in [1.54, 1.807) is 11.8 Å². The molecule has 0 aliphatic carbocycles. The summed E-state index contributed by atoms with van der Waals surface area (Å²) < 4.78 is 36.8. The number of ether oxygens (including phenoxy) is 1. The molecule has 0 unspecified atom stereocenters. The van der Waals surface area contributed by atoms with Crippen LogP contribution in [0.15, 0.2) is 54.6 Å². The average Bonchev–Trinajstić information content (AvgIpc) is 3.40. The van der Waals surface area contributed by atoms with E-state index in [0.717, 1.165) is 11.1 Å². The Hall–Kier alpha value is -4.46. The van der Waals surface area contributed by atoms with Gasteiger partial charge in [-0.15, -0.1) is 0 Å². The third-order valence-corrected chi connectivity index (χ3v) is 7.41. The molecule has 0 bridgehead atoms. The number of nitrogens with zero attached hydrogens (tertiary/aromatic N) is 2. The highest BCUT2D eigenvalue weighted by atomic mass is 19.4. The zero-order chi connectivity index (χ0) is 32.1. The molecule has 2 fully saturated rings. The molecule has 0 saturated carbocycles. The van der Waals surface area contributed by atoms with Crippen LogP contribution in [0.3, 0.4) is 0 Å². The van der Waals surface area contributed by atoms with Gasteiger partial charge in [-0.25, -0.2) is 9.59 Å². The lowest BCUT2D eigenvalue weighted by Gasteiger charge is -2.30. The van der Waals surface area contributed by atoms with Gasteiger partial charge >= 0.3 is 24.1 Å². The van der Waals surface area contributed by atoms with E-state index in [-0.39, 0.29) is 25.0 Å². The number of esters is 1. The summed E-state index contributed by atoms with van der Waals surface area (Å²) in [5.74, 6) is -5.86. The largest absolute Gasteiger partial charge is 0.490 e. The quantitative estimate of drug-likeness (QED) is 0.322. The van der Waals surface area contributed by atoms with Crippen molar-refractivity contribution in [2.45, 2.75) is 45.1 Å². The van der Waals surface area contributed by atoms with Gasteiger partial charge in [0.2, 0.25) is 11.8 Å². The van der Waals surface area contributed by atoms with E-state index < -0.39 is 47.4 Å². The highest BCUT2D eigenvalue weighted by molar-refractivity contribution is 6.09. The van der Waals surface area contributed by atoms with Crippen LogP contribution in [0.1, 0.15) is 25.0 Å². The number of carbonyl (C=O) groups excluding carboxylic acids is 4. The molecule has 4 atom stereocenters. The van der Waals surface area contributed by atoms with E-state index in [9.17, 15) is 32.3 Å². The number of anilines is 1. The Morgan fingerprint density at radius 3 is 2.16 bits per heavy atom. The van der Waals surface area contributed by atoms with Gasteiger partial charge in [0.25, 0.3) is 0 Å². The first-order valence-electron chi connectivity index (χ1n) is 13.3. The van der Waals surface area contributed by atoms with Crippen molar-refractivity contribution < 1.29 is 47.0 Å². The van der Waals surface area contributed by atoms with Crippen LogP contribution in [0.4, 0.5) is 23.7 Å². The van der Waals surface area contributed by atoms with Crippen LogP contribution in [-0.4, -0.2) is 82.6 Å². The molecule has 0 spiro atoms. The van der Waals surface area contributed by atoms with Crippen molar-refractivity contribution in [1.82, 2.24) is 15.1 Å². The van der Waals surface area contributed by atoms with Crippen LogP contribution >= 0.6 is 0 Å². The summed E-state index contributed by atoms with van der Waals surface area (Å²) in [6.07, 6.45) is -5.08. The second-order valence-electron chi connectivity index (χ2n) is 10.3. The summed E-state index contributed by atoms with van der Waals surface area (Å²) >= 11 is 0. The predicted octanol–water partition coefficient (Wildman–Crippen LogP) is 3.19. The monoisotopic (exact) mass is 606 g/mol. The molecule has 232 valence electrons. The van der Waals surface area contributed by atoms with E-state index >= 15 is 0 Å². The van der Waals surface area contributed by atoms with Gasteiger partial charge in [-0.05, 0) is 38.5 Å². The highest BCUT2D eigenvalue weighted by Crippen LogP contribution is 2.44. The van der Waals surface area contributed by atoms with E-state index in [2.05, 4.69) is 10.6 Å². The number of likely N-dealkylation sites (N-methyl/N-ethyl adjacent to an activating group) is 1. The number of fused-ring (bicyclic) bond motifs is 1. The molecule has 2 aliphatic heterocycles. The minimum absolute atomic E-state index is 0.126. The fourth-order valence-corrected chi connectivity index (χ4v) is 5.24. The number of alkyl halides is 3. The highest BCUT2D eigenvalue weighted by Gasteiger charge is 2.66. The van der Waals surface area contributed by atoms with Crippen molar-refractivity contribution in [1.29, 1.82) is 0 Å². The first-order chi connectivity index (χ1) is 20.1. The number of aliphatic carboxylic acids is 1. The Morgan fingerprint density at radius 2 is 1.65 bits per heavy atom. The first kappa shape index (κ1) is 33.0. The number of methoxy groups -OCH3 is 1. The van der Waals surface area contributed by atoms with E-state index in [1.165, 1.54) is 12.0 Å². The second-order valence-corrected chi connectivity index (χ2v) is 10.3. The summed E-state index contributed by atoms with van der Waals surface area (Å²) in [5.41, 5.74) is 1.15. The number of hydrogen-bond donors (Lipinski definition) is 3. The molecular formula is C29H33F3N4O7. The Bertz CT molecular complexity index is 1350. The number of rotatable bonds is 7. The Morgan fingerprint density at radius 1 is 1.07 bits per heavy atom. The topological polar surface area (TPSA) is 145 Å². The minimum Gasteiger partial charge on any atom is -0.475 e. The van der Waals surface area contributed by atoms with Crippen molar-refractivity contribution in [2.24, 2.45) is 11.8 Å². The number of halogens is 3. The standard InChI is InChI=1S/C27H32N4O5.C2HF3O2/c1-5-30(26(35)28-19-13-11-17(2)12-14-19)16-20-21-22(27(3,29-20)25(34)36-4)24(33)31(23(21)32)15-18-9-7-6-8-10-18;3-2(4,5)1(6)7/h6-14,20-22,29H,5,15-16H2,1-4H3,(H,28,35);(H,6,7)/t20-,21+,22-,27-;/m1./s1. The average molecular weight is 607 g/mol. The molecule has 2 heterocycles. The normalized spacial score (nSPS) is 22.8. The predicted molar refractivity (Wildman–Crippen MR) is 147 cm³/mol. The number of carboxylic acids is 1. The smallest absolute Gasteiger partial charge is 0.475 e. The molecule has 43 heavy (non-hydrogen) atoms. The van der Waals surface area contributed by atoms with Crippen molar-refractivity contribution >= 4 is 35.5 Å². The third-order valence-electron chi connectivity index (χ3n) is 7.41. The van der Waals surface area contributed by atoms with Gasteiger partial charge in [0.1, 0.15) is 5.54 Å². The molecule has 4 rings (SSSR count). The molecule has 0 aromatic heterocycles. The fourth-order valence-electron chi connectivity index (χ4n) is 5.24. The van der Waals surface area contributed by atoms with Gasteiger partial charge in [-0.1, -0.05) is 48.0 Å². The molecule has 2 saturated heterocycles. The molecule has 3 N–H and O–H groups in total. The number of aryl methyl sites for hydroxylation is 1. The summed E-state index contributed by atoms with van der Waals surface area (Å²) in [4.78, 5) is 64.6. The third kappa shape index (κ3) is 7.31. The molecule has 0 radical (unpaired) electrons. The molecular weight excluding hydrogens is 573 g/mol. The van der Waals surface area contributed by atoms with Gasteiger partial charge in [-0.2, -0.15) is 13.2 Å². The van der Waals surface area contributed by atoms with Crippen molar-refractivity contribution in [3.63, 3.8) is 0 Å². The van der Waals surface area contributed by atoms with Crippen LogP contribution in [-0.2, 0) is 30.5 Å². The van der Waals surface area contributed by atoms with E-state index in [4.69, 9.17) is 14.6 Å². The molecule has 2 aromatic carbocycles. The maximum atomic E-state index is 13.6. The van der Waals surface area contributed by atoms with Crippen molar-refractivity contribution in [2.75, 3.05) is 25.5 Å². The fraction of sp³-hybridized carbons (Fsp3) is 0.414. The van der Waals surface area contributed by atoms with Crippen LogP contribution in [0, 0.1) is 18.8 Å². The summed E-state index contributed by atoms with van der Waals surface area (Å²) in [6, 6.07) is 15.7. The SMILES string of the molecule is CCN(C[C@H]1N[C@@](C)(C(=O)OC)[C@H]2C(=O)N(Cc3ccccc3)C(=O)[C@@H]12)C(=O)Nc1ccc(C)cc1.O=C(O)C(F)(F)F. The van der Waals surface area contributed by atoms with E-state index in [1.807, 2.05) is 68.4 Å². The van der Waals surface area contributed by atoms with Gasteiger partial charge in [0.15, 0.2) is 0 Å². The van der Waals surface area contributed by atoms with Crippen LogP contribution in [0.25, 0.3) is 0 Å². The van der Waals surface area contributed by atoms with E-state index in [0.29, 0.717) is 12.2 Å². The lowest BCUT2D eigenvalue weighted by atomic mass is 9.81. The number of nitrogens with one attached hydrogen (secondary N) is 2. The maximum absolute atomic E-state index is 13.6. The lowest BCUT2D eigenvalue weighted by molar-refractivity contribution is -0.192.